The standard InChI is InChI=1S/C14H10N4O3/c15-14-16-11(8-12(17-14)13-5-2-6-21-13)9-3-1-4-10(7-9)18(19)20/h1-8H,(H2,15,16,17). The summed E-state index contributed by atoms with van der Waals surface area (Å²) in [6.45, 7) is 0. The Morgan fingerprint density at radius 1 is 1.10 bits per heavy atom. The highest BCUT2D eigenvalue weighted by Gasteiger charge is 2.12. The van der Waals surface area contributed by atoms with Crippen molar-refractivity contribution in [3.05, 3.63) is 58.8 Å². The van der Waals surface area contributed by atoms with Crippen molar-refractivity contribution in [3.8, 4) is 22.7 Å². The number of nitro groups is 1. The van der Waals surface area contributed by atoms with E-state index in [0.29, 0.717) is 22.7 Å². The van der Waals surface area contributed by atoms with Crippen molar-refractivity contribution in [2.24, 2.45) is 0 Å². The zero-order valence-electron chi connectivity index (χ0n) is 10.8. The molecule has 3 rings (SSSR count). The minimum atomic E-state index is -0.457. The fourth-order valence-corrected chi connectivity index (χ4v) is 1.94. The molecule has 0 radical (unpaired) electrons. The summed E-state index contributed by atoms with van der Waals surface area (Å²) in [5.41, 5.74) is 7.30. The maximum Gasteiger partial charge on any atom is 0.270 e. The Morgan fingerprint density at radius 2 is 1.90 bits per heavy atom. The van der Waals surface area contributed by atoms with E-state index in [-0.39, 0.29) is 11.6 Å². The van der Waals surface area contributed by atoms with E-state index in [4.69, 9.17) is 10.2 Å². The van der Waals surface area contributed by atoms with Gasteiger partial charge in [0.25, 0.3) is 5.69 Å². The van der Waals surface area contributed by atoms with Crippen LogP contribution in [0.5, 0.6) is 0 Å². The van der Waals surface area contributed by atoms with Crippen LogP contribution in [-0.4, -0.2) is 14.9 Å². The number of rotatable bonds is 3. The van der Waals surface area contributed by atoms with Crippen LogP contribution in [-0.2, 0) is 0 Å². The predicted octanol–water partition coefficient (Wildman–Crippen LogP) is 2.89. The first-order valence-corrected chi connectivity index (χ1v) is 6.07. The highest BCUT2D eigenvalue weighted by Crippen LogP contribution is 2.26. The second-order valence-electron chi connectivity index (χ2n) is 4.28. The Bertz CT molecular complexity index is 800. The molecule has 2 aromatic heterocycles. The molecule has 7 nitrogen and oxygen atoms in total. The number of nitrogens with two attached hydrogens (primary N) is 1. The second-order valence-corrected chi connectivity index (χ2v) is 4.28. The number of nitrogen functional groups attached to an aromatic ring is 1. The third kappa shape index (κ3) is 2.57. The number of hydrogen-bond donors (Lipinski definition) is 1. The molecular weight excluding hydrogens is 272 g/mol. The van der Waals surface area contributed by atoms with Gasteiger partial charge in [0, 0.05) is 17.7 Å². The number of aromatic nitrogens is 2. The molecule has 21 heavy (non-hydrogen) atoms. The number of nitrogens with zero attached hydrogens (tertiary/aromatic N) is 3. The summed E-state index contributed by atoms with van der Waals surface area (Å²) in [4.78, 5) is 18.6. The van der Waals surface area contributed by atoms with Gasteiger partial charge in [-0.1, -0.05) is 12.1 Å². The summed E-state index contributed by atoms with van der Waals surface area (Å²) in [6, 6.07) is 11.3. The molecule has 0 unspecified atom stereocenters. The highest BCUT2D eigenvalue weighted by atomic mass is 16.6. The summed E-state index contributed by atoms with van der Waals surface area (Å²) in [5.74, 6) is 0.626. The van der Waals surface area contributed by atoms with E-state index in [1.807, 2.05) is 0 Å². The topological polar surface area (TPSA) is 108 Å². The summed E-state index contributed by atoms with van der Waals surface area (Å²) in [5, 5.41) is 10.8. The lowest BCUT2D eigenvalue weighted by atomic mass is 10.1. The maximum absolute atomic E-state index is 10.8. The van der Waals surface area contributed by atoms with Gasteiger partial charge in [0.2, 0.25) is 5.95 Å². The zero-order chi connectivity index (χ0) is 14.8. The van der Waals surface area contributed by atoms with E-state index in [0.717, 1.165) is 0 Å². The van der Waals surface area contributed by atoms with Crippen LogP contribution in [0.15, 0.2) is 53.1 Å². The fourth-order valence-electron chi connectivity index (χ4n) is 1.94. The van der Waals surface area contributed by atoms with Crippen LogP contribution in [0.2, 0.25) is 0 Å². The Balaban J connectivity index is 2.10. The number of non-ortho nitro benzene ring substituents is 1. The van der Waals surface area contributed by atoms with Crippen molar-refractivity contribution < 1.29 is 9.34 Å². The molecule has 2 heterocycles. The van der Waals surface area contributed by atoms with Crippen LogP contribution in [0, 0.1) is 10.1 Å². The van der Waals surface area contributed by atoms with Gasteiger partial charge in [-0.2, -0.15) is 0 Å². The number of benzene rings is 1. The molecule has 0 aliphatic rings. The van der Waals surface area contributed by atoms with E-state index in [2.05, 4.69) is 9.97 Å². The quantitative estimate of drug-likeness (QED) is 0.584. The van der Waals surface area contributed by atoms with Crippen molar-refractivity contribution in [2.75, 3.05) is 5.73 Å². The summed E-state index contributed by atoms with van der Waals surface area (Å²) in [6.07, 6.45) is 1.53. The summed E-state index contributed by atoms with van der Waals surface area (Å²) < 4.78 is 5.27. The first-order chi connectivity index (χ1) is 10.1. The maximum atomic E-state index is 10.8. The van der Waals surface area contributed by atoms with Crippen molar-refractivity contribution >= 4 is 11.6 Å². The van der Waals surface area contributed by atoms with Gasteiger partial charge < -0.3 is 10.2 Å². The molecule has 0 saturated heterocycles. The normalized spacial score (nSPS) is 10.5. The summed E-state index contributed by atoms with van der Waals surface area (Å²) >= 11 is 0. The molecule has 0 aliphatic heterocycles. The molecule has 7 heteroatoms. The van der Waals surface area contributed by atoms with Gasteiger partial charge in [0.05, 0.1) is 16.9 Å². The molecule has 0 fully saturated rings. The van der Waals surface area contributed by atoms with Gasteiger partial charge in [-0.3, -0.25) is 10.1 Å². The Kier molecular flexibility index (Phi) is 3.07. The fraction of sp³-hybridized carbons (Fsp3) is 0. The largest absolute Gasteiger partial charge is 0.463 e. The molecule has 0 aliphatic carbocycles. The Labute approximate surface area is 119 Å². The molecule has 0 bridgehead atoms. The van der Waals surface area contributed by atoms with Crippen molar-refractivity contribution in [3.63, 3.8) is 0 Å². The Hall–Kier alpha value is -3.22. The van der Waals surface area contributed by atoms with Gasteiger partial charge in [0.15, 0.2) is 5.76 Å². The van der Waals surface area contributed by atoms with Crippen LogP contribution in [0.3, 0.4) is 0 Å². The van der Waals surface area contributed by atoms with Crippen molar-refractivity contribution in [1.82, 2.24) is 9.97 Å². The van der Waals surface area contributed by atoms with Crippen LogP contribution >= 0.6 is 0 Å². The molecule has 104 valence electrons. The molecule has 0 saturated carbocycles. The van der Waals surface area contributed by atoms with E-state index >= 15 is 0 Å². The predicted molar refractivity (Wildman–Crippen MR) is 76.2 cm³/mol. The van der Waals surface area contributed by atoms with Crippen LogP contribution in [0.25, 0.3) is 22.7 Å². The molecule has 1 aromatic carbocycles. The highest BCUT2D eigenvalue weighted by molar-refractivity contribution is 5.68. The third-order valence-electron chi connectivity index (χ3n) is 2.87. The van der Waals surface area contributed by atoms with Crippen LogP contribution < -0.4 is 5.73 Å². The summed E-state index contributed by atoms with van der Waals surface area (Å²) in [7, 11) is 0. The van der Waals surface area contributed by atoms with Gasteiger partial charge in [0.1, 0.15) is 5.69 Å². The molecule has 0 spiro atoms. The second kappa shape index (κ2) is 5.04. The lowest BCUT2D eigenvalue weighted by Crippen LogP contribution is -1.98. The molecule has 3 aromatic rings. The third-order valence-corrected chi connectivity index (χ3v) is 2.87. The van der Waals surface area contributed by atoms with E-state index in [1.165, 1.54) is 18.4 Å². The lowest BCUT2D eigenvalue weighted by Gasteiger charge is -2.04. The first-order valence-electron chi connectivity index (χ1n) is 6.07. The van der Waals surface area contributed by atoms with Gasteiger partial charge in [-0.15, -0.1) is 0 Å². The number of furan rings is 1. The number of hydrogen-bond acceptors (Lipinski definition) is 6. The van der Waals surface area contributed by atoms with E-state index in [9.17, 15) is 10.1 Å². The molecule has 2 N–H and O–H groups in total. The molecular formula is C14H10N4O3. The van der Waals surface area contributed by atoms with Gasteiger partial charge >= 0.3 is 0 Å². The van der Waals surface area contributed by atoms with Gasteiger partial charge in [-0.05, 0) is 18.2 Å². The van der Waals surface area contributed by atoms with E-state index in [1.54, 1.807) is 30.3 Å². The van der Waals surface area contributed by atoms with Crippen LogP contribution in [0.4, 0.5) is 11.6 Å². The molecule has 0 atom stereocenters. The van der Waals surface area contributed by atoms with Gasteiger partial charge in [-0.25, -0.2) is 9.97 Å². The smallest absolute Gasteiger partial charge is 0.270 e. The zero-order valence-corrected chi connectivity index (χ0v) is 10.8. The number of nitro benzene ring substituents is 1. The Morgan fingerprint density at radius 3 is 2.62 bits per heavy atom. The lowest BCUT2D eigenvalue weighted by molar-refractivity contribution is -0.384. The van der Waals surface area contributed by atoms with Crippen molar-refractivity contribution in [1.29, 1.82) is 0 Å². The minimum absolute atomic E-state index is 0.00997. The monoisotopic (exact) mass is 282 g/mol. The minimum Gasteiger partial charge on any atom is -0.463 e. The SMILES string of the molecule is Nc1nc(-c2cccc([N+](=O)[O-])c2)cc(-c2ccco2)n1. The van der Waals surface area contributed by atoms with E-state index < -0.39 is 4.92 Å². The van der Waals surface area contributed by atoms with Crippen LogP contribution in [0.1, 0.15) is 0 Å². The average Bonchev–Trinajstić information content (AvgIpc) is 3.01. The van der Waals surface area contributed by atoms with Crippen molar-refractivity contribution in [2.45, 2.75) is 0 Å². The number of anilines is 1. The molecule has 0 amide bonds. The first kappa shape index (κ1) is 12.8. The average molecular weight is 282 g/mol.